The SMILES string of the molecule is CCOc1ccc(NC(=O)[C@H]2CCCc3ccccc32)cc1. The normalized spacial score (nSPS) is 16.7. The Kier molecular flexibility index (Phi) is 4.42. The lowest BCUT2D eigenvalue weighted by molar-refractivity contribution is -0.117. The number of benzene rings is 2. The van der Waals surface area contributed by atoms with E-state index in [1.54, 1.807) is 0 Å². The van der Waals surface area contributed by atoms with Gasteiger partial charge in [0.1, 0.15) is 5.75 Å². The molecule has 0 bridgehead atoms. The van der Waals surface area contributed by atoms with Crippen LogP contribution in [0.4, 0.5) is 5.69 Å². The summed E-state index contributed by atoms with van der Waals surface area (Å²) >= 11 is 0. The summed E-state index contributed by atoms with van der Waals surface area (Å²) in [4.78, 5) is 12.6. The maximum Gasteiger partial charge on any atom is 0.231 e. The Balaban J connectivity index is 1.72. The number of anilines is 1. The molecule has 1 amide bonds. The minimum absolute atomic E-state index is 0.0449. The van der Waals surface area contributed by atoms with Crippen molar-refractivity contribution < 1.29 is 9.53 Å². The average molecular weight is 295 g/mol. The molecular formula is C19H21NO2. The first-order valence-corrected chi connectivity index (χ1v) is 7.89. The van der Waals surface area contributed by atoms with Crippen LogP contribution in [0.15, 0.2) is 48.5 Å². The molecule has 0 aliphatic heterocycles. The van der Waals surface area contributed by atoms with Crippen molar-refractivity contribution in [1.82, 2.24) is 0 Å². The molecule has 114 valence electrons. The number of hydrogen-bond donors (Lipinski definition) is 1. The van der Waals surface area contributed by atoms with Crippen LogP contribution in [0, 0.1) is 0 Å². The van der Waals surface area contributed by atoms with Crippen LogP contribution in [-0.4, -0.2) is 12.5 Å². The van der Waals surface area contributed by atoms with Crippen LogP contribution in [-0.2, 0) is 11.2 Å². The molecule has 0 saturated carbocycles. The molecule has 0 fully saturated rings. The van der Waals surface area contributed by atoms with Crippen LogP contribution in [0.3, 0.4) is 0 Å². The Morgan fingerprint density at radius 3 is 2.73 bits per heavy atom. The van der Waals surface area contributed by atoms with E-state index in [0.29, 0.717) is 6.61 Å². The van der Waals surface area contributed by atoms with E-state index in [-0.39, 0.29) is 11.8 Å². The Bertz CT molecular complexity index is 649. The summed E-state index contributed by atoms with van der Waals surface area (Å²) in [6.45, 7) is 2.60. The molecule has 1 atom stereocenters. The Labute approximate surface area is 131 Å². The largest absolute Gasteiger partial charge is 0.494 e. The molecule has 0 heterocycles. The zero-order valence-corrected chi connectivity index (χ0v) is 12.8. The number of hydrogen-bond acceptors (Lipinski definition) is 2. The summed E-state index contributed by atoms with van der Waals surface area (Å²) in [6, 6.07) is 15.8. The van der Waals surface area contributed by atoms with Crippen LogP contribution < -0.4 is 10.1 Å². The average Bonchev–Trinajstić information content (AvgIpc) is 2.56. The van der Waals surface area contributed by atoms with E-state index in [9.17, 15) is 4.79 Å². The van der Waals surface area contributed by atoms with Crippen LogP contribution in [0.2, 0.25) is 0 Å². The Morgan fingerprint density at radius 1 is 1.18 bits per heavy atom. The summed E-state index contributed by atoms with van der Waals surface area (Å²) in [5.41, 5.74) is 3.30. The lowest BCUT2D eigenvalue weighted by Gasteiger charge is -2.24. The van der Waals surface area contributed by atoms with Gasteiger partial charge in [-0.15, -0.1) is 0 Å². The molecule has 0 spiro atoms. The Hall–Kier alpha value is -2.29. The predicted molar refractivity (Wildman–Crippen MR) is 88.4 cm³/mol. The first kappa shape index (κ1) is 14.6. The van der Waals surface area contributed by atoms with Gasteiger partial charge in [0.25, 0.3) is 0 Å². The Morgan fingerprint density at radius 2 is 1.95 bits per heavy atom. The molecule has 1 N–H and O–H groups in total. The molecule has 3 heteroatoms. The van der Waals surface area contributed by atoms with E-state index >= 15 is 0 Å². The summed E-state index contributed by atoms with van der Waals surface area (Å²) in [7, 11) is 0. The predicted octanol–water partition coefficient (Wildman–Crippen LogP) is 4.14. The number of ether oxygens (including phenoxy) is 1. The van der Waals surface area contributed by atoms with Gasteiger partial charge < -0.3 is 10.1 Å². The molecule has 22 heavy (non-hydrogen) atoms. The maximum absolute atomic E-state index is 12.6. The molecule has 2 aromatic rings. The maximum atomic E-state index is 12.6. The minimum atomic E-state index is -0.0449. The van der Waals surface area contributed by atoms with Crippen molar-refractivity contribution >= 4 is 11.6 Å². The van der Waals surface area contributed by atoms with Crippen LogP contribution in [0.1, 0.15) is 36.8 Å². The second-order valence-electron chi connectivity index (χ2n) is 5.59. The number of fused-ring (bicyclic) bond motifs is 1. The van der Waals surface area contributed by atoms with Gasteiger partial charge in [0.2, 0.25) is 5.91 Å². The van der Waals surface area contributed by atoms with Gasteiger partial charge in [0, 0.05) is 5.69 Å². The first-order valence-electron chi connectivity index (χ1n) is 7.89. The van der Waals surface area contributed by atoms with E-state index < -0.39 is 0 Å². The van der Waals surface area contributed by atoms with E-state index in [1.807, 2.05) is 43.3 Å². The van der Waals surface area contributed by atoms with Gasteiger partial charge in [-0.2, -0.15) is 0 Å². The number of carbonyl (C=O) groups excluding carboxylic acids is 1. The van der Waals surface area contributed by atoms with Gasteiger partial charge in [-0.25, -0.2) is 0 Å². The summed E-state index contributed by atoms with van der Waals surface area (Å²) in [6.07, 6.45) is 3.06. The number of aryl methyl sites for hydroxylation is 1. The van der Waals surface area contributed by atoms with E-state index in [0.717, 1.165) is 30.7 Å². The molecule has 3 nitrogen and oxygen atoms in total. The van der Waals surface area contributed by atoms with Crippen LogP contribution in [0.25, 0.3) is 0 Å². The fourth-order valence-electron chi connectivity index (χ4n) is 3.06. The zero-order chi connectivity index (χ0) is 15.4. The van der Waals surface area contributed by atoms with Crippen molar-refractivity contribution in [2.75, 3.05) is 11.9 Å². The van der Waals surface area contributed by atoms with Crippen molar-refractivity contribution in [3.8, 4) is 5.75 Å². The van der Waals surface area contributed by atoms with Gasteiger partial charge in [0.05, 0.1) is 12.5 Å². The van der Waals surface area contributed by atoms with Gasteiger partial charge >= 0.3 is 0 Å². The topological polar surface area (TPSA) is 38.3 Å². The molecule has 0 aromatic heterocycles. The highest BCUT2D eigenvalue weighted by atomic mass is 16.5. The van der Waals surface area contributed by atoms with Gasteiger partial charge in [-0.05, 0) is 61.6 Å². The van der Waals surface area contributed by atoms with E-state index in [1.165, 1.54) is 11.1 Å². The zero-order valence-electron chi connectivity index (χ0n) is 12.8. The van der Waals surface area contributed by atoms with E-state index in [2.05, 4.69) is 17.4 Å². The van der Waals surface area contributed by atoms with Crippen molar-refractivity contribution in [2.45, 2.75) is 32.1 Å². The van der Waals surface area contributed by atoms with Gasteiger partial charge in [-0.1, -0.05) is 24.3 Å². The lowest BCUT2D eigenvalue weighted by atomic mass is 9.82. The molecule has 1 aliphatic rings. The third-order valence-corrected chi connectivity index (χ3v) is 4.12. The molecular weight excluding hydrogens is 274 g/mol. The number of nitrogens with one attached hydrogen (secondary N) is 1. The summed E-state index contributed by atoms with van der Waals surface area (Å²) in [5, 5.41) is 3.03. The van der Waals surface area contributed by atoms with Crippen LogP contribution >= 0.6 is 0 Å². The summed E-state index contributed by atoms with van der Waals surface area (Å²) in [5.74, 6) is 0.858. The van der Waals surface area contributed by atoms with Crippen LogP contribution in [0.5, 0.6) is 5.75 Å². The molecule has 0 unspecified atom stereocenters. The summed E-state index contributed by atoms with van der Waals surface area (Å²) < 4.78 is 5.42. The third kappa shape index (κ3) is 3.14. The highest BCUT2D eigenvalue weighted by Crippen LogP contribution is 2.32. The monoisotopic (exact) mass is 295 g/mol. The highest BCUT2D eigenvalue weighted by Gasteiger charge is 2.26. The second-order valence-corrected chi connectivity index (χ2v) is 5.59. The first-order chi connectivity index (χ1) is 10.8. The smallest absolute Gasteiger partial charge is 0.231 e. The molecule has 1 aliphatic carbocycles. The molecule has 0 radical (unpaired) electrons. The van der Waals surface area contributed by atoms with Crippen molar-refractivity contribution in [2.24, 2.45) is 0 Å². The fourth-order valence-corrected chi connectivity index (χ4v) is 3.06. The molecule has 2 aromatic carbocycles. The quantitative estimate of drug-likeness (QED) is 0.920. The van der Waals surface area contributed by atoms with Gasteiger partial charge in [0.15, 0.2) is 0 Å². The van der Waals surface area contributed by atoms with Crippen molar-refractivity contribution in [3.05, 3.63) is 59.7 Å². The number of rotatable bonds is 4. The minimum Gasteiger partial charge on any atom is -0.494 e. The van der Waals surface area contributed by atoms with Crippen molar-refractivity contribution in [1.29, 1.82) is 0 Å². The lowest BCUT2D eigenvalue weighted by Crippen LogP contribution is -2.24. The standard InChI is InChI=1S/C19H21NO2/c1-2-22-16-12-10-15(11-13-16)20-19(21)18-9-5-7-14-6-3-4-8-17(14)18/h3-4,6,8,10-13,18H,2,5,7,9H2,1H3,(H,20,21)/t18-/m0/s1. The fraction of sp³-hybridized carbons (Fsp3) is 0.316. The number of carbonyl (C=O) groups is 1. The molecule has 0 saturated heterocycles. The van der Waals surface area contributed by atoms with Gasteiger partial charge in [-0.3, -0.25) is 4.79 Å². The van der Waals surface area contributed by atoms with E-state index in [4.69, 9.17) is 4.74 Å². The second kappa shape index (κ2) is 6.65. The molecule has 3 rings (SSSR count). The highest BCUT2D eigenvalue weighted by molar-refractivity contribution is 5.96. The third-order valence-electron chi connectivity index (χ3n) is 4.12. The number of amides is 1. The van der Waals surface area contributed by atoms with Crippen molar-refractivity contribution in [3.63, 3.8) is 0 Å².